The number of carboxylic acid groups (broad SMARTS) is 1. The fraction of sp³-hybridized carbons (Fsp3) is 0.667. The highest BCUT2D eigenvalue weighted by atomic mass is 16.4. The van der Waals surface area contributed by atoms with Crippen LogP contribution in [0.15, 0.2) is 11.1 Å². The van der Waals surface area contributed by atoms with E-state index in [1.165, 1.54) is 0 Å². The summed E-state index contributed by atoms with van der Waals surface area (Å²) in [7, 11) is 0. The number of Topliss-reactive ketones (excluding diaryl/α,β-unsaturated/α-hetero) is 2. The summed E-state index contributed by atoms with van der Waals surface area (Å²) in [6.45, 7) is 5.43. The number of hydrogen-bond donors (Lipinski definition) is 1. The standard InChI is InChI=1S/C15H20O4/c1-4-10-9(3)13(17)8(2)7-15(10)11(14(18)19)5-6-12(15)16/h8,11H,4-7H2,1-3H3,(H,18,19)/t8-,11-,15-/m1/s1. The number of rotatable bonds is 2. The highest BCUT2D eigenvalue weighted by Crippen LogP contribution is 2.54. The zero-order chi connectivity index (χ0) is 14.4. The van der Waals surface area contributed by atoms with Gasteiger partial charge in [-0.25, -0.2) is 0 Å². The molecule has 0 aromatic rings. The van der Waals surface area contributed by atoms with Gasteiger partial charge in [0.05, 0.1) is 11.3 Å². The lowest BCUT2D eigenvalue weighted by molar-refractivity contribution is -0.148. The van der Waals surface area contributed by atoms with Gasteiger partial charge in [0.1, 0.15) is 5.78 Å². The van der Waals surface area contributed by atoms with Crippen molar-refractivity contribution in [3.8, 4) is 0 Å². The van der Waals surface area contributed by atoms with E-state index in [2.05, 4.69) is 0 Å². The number of carbonyl (C=O) groups excluding carboxylic acids is 2. The highest BCUT2D eigenvalue weighted by molar-refractivity contribution is 6.04. The van der Waals surface area contributed by atoms with Crippen LogP contribution in [0.25, 0.3) is 0 Å². The van der Waals surface area contributed by atoms with Gasteiger partial charge < -0.3 is 5.11 Å². The largest absolute Gasteiger partial charge is 0.481 e. The topological polar surface area (TPSA) is 71.4 Å². The molecule has 2 aliphatic carbocycles. The second kappa shape index (κ2) is 4.58. The van der Waals surface area contributed by atoms with Crippen molar-refractivity contribution >= 4 is 17.5 Å². The summed E-state index contributed by atoms with van der Waals surface area (Å²) in [6, 6.07) is 0. The van der Waals surface area contributed by atoms with Crippen LogP contribution in [-0.4, -0.2) is 22.6 Å². The lowest BCUT2D eigenvalue weighted by Gasteiger charge is -2.41. The van der Waals surface area contributed by atoms with E-state index in [0.29, 0.717) is 31.3 Å². The van der Waals surface area contributed by atoms with Crippen molar-refractivity contribution in [3.63, 3.8) is 0 Å². The molecule has 104 valence electrons. The third-order valence-electron chi connectivity index (χ3n) is 4.84. The quantitative estimate of drug-likeness (QED) is 0.831. The molecule has 0 aromatic heterocycles. The molecule has 0 aliphatic heterocycles. The van der Waals surface area contributed by atoms with Crippen molar-refractivity contribution in [2.24, 2.45) is 17.3 Å². The summed E-state index contributed by atoms with van der Waals surface area (Å²) in [6.07, 6.45) is 1.64. The van der Waals surface area contributed by atoms with E-state index in [9.17, 15) is 19.5 Å². The molecule has 2 rings (SSSR count). The lowest BCUT2D eigenvalue weighted by Crippen LogP contribution is -2.45. The van der Waals surface area contributed by atoms with Gasteiger partial charge in [0, 0.05) is 12.3 Å². The molecule has 0 aromatic carbocycles. The maximum atomic E-state index is 12.4. The Labute approximate surface area is 112 Å². The fourth-order valence-electron chi connectivity index (χ4n) is 4.04. The van der Waals surface area contributed by atoms with E-state index in [1.807, 2.05) is 6.92 Å². The second-order valence-electron chi connectivity index (χ2n) is 5.75. The molecule has 0 unspecified atom stereocenters. The van der Waals surface area contributed by atoms with Crippen LogP contribution in [-0.2, 0) is 14.4 Å². The zero-order valence-corrected chi connectivity index (χ0v) is 11.7. The van der Waals surface area contributed by atoms with Gasteiger partial charge in [0.15, 0.2) is 5.78 Å². The molecule has 4 heteroatoms. The number of allylic oxidation sites excluding steroid dienone is 2. The van der Waals surface area contributed by atoms with Crippen molar-refractivity contribution < 1.29 is 19.5 Å². The number of hydrogen-bond acceptors (Lipinski definition) is 3. The van der Waals surface area contributed by atoms with Crippen molar-refractivity contribution in [2.75, 3.05) is 0 Å². The Morgan fingerprint density at radius 1 is 1.42 bits per heavy atom. The fourth-order valence-corrected chi connectivity index (χ4v) is 4.04. The average Bonchev–Trinajstić information content (AvgIpc) is 2.66. The summed E-state index contributed by atoms with van der Waals surface area (Å²) in [5, 5.41) is 9.44. The molecule has 0 radical (unpaired) electrons. The normalized spacial score (nSPS) is 35.3. The van der Waals surface area contributed by atoms with E-state index < -0.39 is 17.3 Å². The first-order valence-electron chi connectivity index (χ1n) is 6.86. The maximum Gasteiger partial charge on any atom is 0.307 e. The molecule has 0 amide bonds. The van der Waals surface area contributed by atoms with Gasteiger partial charge in [-0.15, -0.1) is 0 Å². The van der Waals surface area contributed by atoms with Crippen molar-refractivity contribution in [2.45, 2.75) is 46.5 Å². The molecule has 0 saturated heterocycles. The SMILES string of the molecule is CCC1=C(C)C(=O)[C@H](C)C[C@@]12C(=O)CC[C@@H]2C(=O)O. The Balaban J connectivity index is 2.65. The molecule has 1 saturated carbocycles. The van der Waals surface area contributed by atoms with Crippen LogP contribution in [0.2, 0.25) is 0 Å². The monoisotopic (exact) mass is 264 g/mol. The molecule has 0 heterocycles. The van der Waals surface area contributed by atoms with E-state index in [0.717, 1.165) is 5.57 Å². The van der Waals surface area contributed by atoms with Gasteiger partial charge in [-0.05, 0) is 37.3 Å². The molecule has 1 fully saturated rings. The molecule has 19 heavy (non-hydrogen) atoms. The molecule has 0 bridgehead atoms. The van der Waals surface area contributed by atoms with Crippen LogP contribution >= 0.6 is 0 Å². The van der Waals surface area contributed by atoms with E-state index in [4.69, 9.17) is 0 Å². The Bertz CT molecular complexity index is 488. The maximum absolute atomic E-state index is 12.4. The number of carboxylic acids is 1. The van der Waals surface area contributed by atoms with Crippen LogP contribution in [0.4, 0.5) is 0 Å². The molecular formula is C15H20O4. The Hall–Kier alpha value is -1.45. The van der Waals surface area contributed by atoms with Gasteiger partial charge in [0.25, 0.3) is 0 Å². The molecule has 2 aliphatic rings. The van der Waals surface area contributed by atoms with E-state index >= 15 is 0 Å². The van der Waals surface area contributed by atoms with Crippen LogP contribution in [0.5, 0.6) is 0 Å². The van der Waals surface area contributed by atoms with E-state index in [-0.39, 0.29) is 17.5 Å². The summed E-state index contributed by atoms with van der Waals surface area (Å²) in [5.74, 6) is -1.77. The summed E-state index contributed by atoms with van der Waals surface area (Å²) < 4.78 is 0. The van der Waals surface area contributed by atoms with Crippen LogP contribution in [0.1, 0.15) is 46.5 Å². The van der Waals surface area contributed by atoms with Crippen LogP contribution in [0, 0.1) is 17.3 Å². The smallest absolute Gasteiger partial charge is 0.307 e. The first-order valence-corrected chi connectivity index (χ1v) is 6.86. The molecule has 3 atom stereocenters. The van der Waals surface area contributed by atoms with Crippen molar-refractivity contribution in [1.29, 1.82) is 0 Å². The minimum atomic E-state index is -0.919. The minimum Gasteiger partial charge on any atom is -0.481 e. The van der Waals surface area contributed by atoms with Gasteiger partial charge >= 0.3 is 5.97 Å². The van der Waals surface area contributed by atoms with Crippen LogP contribution in [0.3, 0.4) is 0 Å². The van der Waals surface area contributed by atoms with Crippen molar-refractivity contribution in [3.05, 3.63) is 11.1 Å². The first kappa shape index (κ1) is 14.0. The molecule has 1 N–H and O–H groups in total. The summed E-state index contributed by atoms with van der Waals surface area (Å²) in [5.41, 5.74) is 0.464. The second-order valence-corrected chi connectivity index (χ2v) is 5.75. The van der Waals surface area contributed by atoms with Gasteiger partial charge in [-0.3, -0.25) is 14.4 Å². The van der Waals surface area contributed by atoms with Gasteiger partial charge in [-0.1, -0.05) is 13.8 Å². The highest BCUT2D eigenvalue weighted by Gasteiger charge is 2.58. The molecular weight excluding hydrogens is 244 g/mol. The molecule has 1 spiro atoms. The Morgan fingerprint density at radius 3 is 2.58 bits per heavy atom. The summed E-state index contributed by atoms with van der Waals surface area (Å²) >= 11 is 0. The number of ketones is 2. The predicted octanol–water partition coefficient (Wildman–Crippen LogP) is 2.37. The average molecular weight is 264 g/mol. The predicted molar refractivity (Wildman–Crippen MR) is 69.6 cm³/mol. The Morgan fingerprint density at radius 2 is 2.05 bits per heavy atom. The zero-order valence-electron chi connectivity index (χ0n) is 11.7. The number of carbonyl (C=O) groups is 3. The lowest BCUT2D eigenvalue weighted by atomic mass is 9.60. The van der Waals surface area contributed by atoms with Crippen molar-refractivity contribution in [1.82, 2.24) is 0 Å². The summed E-state index contributed by atoms with van der Waals surface area (Å²) in [4.78, 5) is 36.0. The van der Waals surface area contributed by atoms with Gasteiger partial charge in [-0.2, -0.15) is 0 Å². The molecule has 4 nitrogen and oxygen atoms in total. The third-order valence-corrected chi connectivity index (χ3v) is 4.84. The van der Waals surface area contributed by atoms with E-state index in [1.54, 1.807) is 13.8 Å². The third kappa shape index (κ3) is 1.77. The van der Waals surface area contributed by atoms with Gasteiger partial charge in [0.2, 0.25) is 0 Å². The first-order chi connectivity index (χ1) is 8.86. The Kier molecular flexibility index (Phi) is 3.37. The minimum absolute atomic E-state index is 0.00968. The number of aliphatic carboxylic acids is 1. The van der Waals surface area contributed by atoms with Crippen LogP contribution < -0.4 is 0 Å².